The lowest BCUT2D eigenvalue weighted by molar-refractivity contribution is 1.14. The smallest absolute Gasteiger partial charge is 0.0973 e. The Balaban J connectivity index is 0.00000193. The summed E-state index contributed by atoms with van der Waals surface area (Å²) in [6, 6.07) is 97.5. The third-order valence-corrected chi connectivity index (χ3v) is 14.9. The molecule has 14 rings (SSSR count). The van der Waals surface area contributed by atoms with Crippen molar-refractivity contribution < 1.29 is 0 Å². The van der Waals surface area contributed by atoms with Crippen molar-refractivity contribution in [2.45, 2.75) is 20.3 Å². The van der Waals surface area contributed by atoms with Crippen LogP contribution in [0.4, 0.5) is 34.1 Å². The minimum Gasteiger partial charge on any atom is -0.311 e. The van der Waals surface area contributed by atoms with Gasteiger partial charge in [0.25, 0.3) is 0 Å². The van der Waals surface area contributed by atoms with E-state index in [2.05, 4.69) is 305 Å². The highest BCUT2D eigenvalue weighted by molar-refractivity contribution is 6.10. The zero-order chi connectivity index (χ0) is 53.2. The van der Waals surface area contributed by atoms with E-state index in [1.807, 2.05) is 6.92 Å². The molecule has 0 saturated carbocycles. The van der Waals surface area contributed by atoms with Gasteiger partial charge in [-0.3, -0.25) is 0 Å². The van der Waals surface area contributed by atoms with E-state index >= 15 is 0 Å². The molecule has 79 heavy (non-hydrogen) atoms. The second kappa shape index (κ2) is 21.0. The predicted molar refractivity (Wildman–Crippen MR) is 334 cm³/mol. The first-order valence-electron chi connectivity index (χ1n) is 27.0. The van der Waals surface area contributed by atoms with Gasteiger partial charge in [0.2, 0.25) is 0 Å². The second-order valence-corrected chi connectivity index (χ2v) is 19.7. The average molecular weight is 1020 g/mol. The topological polar surface area (TPSA) is 42.1 Å². The highest BCUT2D eigenvalue weighted by Crippen LogP contribution is 2.42. The summed E-state index contributed by atoms with van der Waals surface area (Å²) in [6.45, 7) is 7.43. The van der Waals surface area contributed by atoms with Crippen molar-refractivity contribution in [2.24, 2.45) is 0 Å². The van der Waals surface area contributed by atoms with E-state index in [0.717, 1.165) is 85.5 Å². The maximum absolute atomic E-state index is 5.49. The molecule has 3 heterocycles. The van der Waals surface area contributed by atoms with Crippen LogP contribution in [0.1, 0.15) is 19.4 Å². The van der Waals surface area contributed by atoms with Crippen LogP contribution in [0.2, 0.25) is 0 Å². The number of allylic oxidation sites excluding steroid dienone is 1. The van der Waals surface area contributed by atoms with Gasteiger partial charge in [0.05, 0.1) is 44.5 Å². The van der Waals surface area contributed by atoms with E-state index < -0.39 is 0 Å². The number of hydrogen-bond donors (Lipinski definition) is 0. The van der Waals surface area contributed by atoms with E-state index in [-0.39, 0.29) is 0 Å². The summed E-state index contributed by atoms with van der Waals surface area (Å²) in [5.74, 6) is 0. The van der Waals surface area contributed by atoms with Crippen molar-refractivity contribution in [3.05, 3.63) is 291 Å². The molecule has 11 aromatic carbocycles. The first kappa shape index (κ1) is 48.3. The third kappa shape index (κ3) is 8.85. The SMILES string of the molecule is C=CC.CCc1cccc2nc(-c3ccc(N(c4ccccc4)c4ccc(-n5c6ccccc6c6ccccc65)cc4)cc3)c(-c3ccc(N(c4ccccc4)c4ccc(-n5c6ccccc6c6ccccc65)cc4)cc3)nc12. The van der Waals surface area contributed by atoms with Crippen molar-refractivity contribution in [2.75, 3.05) is 9.80 Å². The van der Waals surface area contributed by atoms with Crippen molar-refractivity contribution >= 4 is 88.8 Å². The Morgan fingerprint density at radius 3 is 1.04 bits per heavy atom. The van der Waals surface area contributed by atoms with Gasteiger partial charge in [0.15, 0.2) is 0 Å². The largest absolute Gasteiger partial charge is 0.311 e. The molecule has 3 aromatic heterocycles. The molecule has 0 radical (unpaired) electrons. The molecule has 0 spiro atoms. The minimum absolute atomic E-state index is 0.836. The Morgan fingerprint density at radius 2 is 0.671 bits per heavy atom. The number of aryl methyl sites for hydroxylation is 1. The fourth-order valence-electron chi connectivity index (χ4n) is 11.3. The highest BCUT2D eigenvalue weighted by atomic mass is 15.1. The van der Waals surface area contributed by atoms with Gasteiger partial charge in [-0.2, -0.15) is 0 Å². The van der Waals surface area contributed by atoms with Gasteiger partial charge < -0.3 is 18.9 Å². The van der Waals surface area contributed by atoms with Crippen LogP contribution < -0.4 is 9.80 Å². The number of aromatic nitrogens is 4. The molecule has 0 aliphatic carbocycles. The summed E-state index contributed by atoms with van der Waals surface area (Å²) in [5.41, 5.74) is 20.0. The number of nitrogens with zero attached hydrogens (tertiary/aromatic N) is 6. The third-order valence-electron chi connectivity index (χ3n) is 14.9. The van der Waals surface area contributed by atoms with Gasteiger partial charge in [-0.05, 0) is 146 Å². The minimum atomic E-state index is 0.836. The number of rotatable bonds is 11. The summed E-state index contributed by atoms with van der Waals surface area (Å²) in [5, 5.41) is 5.00. The fraction of sp³-hybridized carbons (Fsp3) is 0.0411. The number of hydrogen-bond acceptors (Lipinski definition) is 4. The van der Waals surface area contributed by atoms with Crippen LogP contribution in [0, 0.1) is 0 Å². The van der Waals surface area contributed by atoms with Crippen LogP contribution in [0.5, 0.6) is 0 Å². The zero-order valence-electron chi connectivity index (χ0n) is 44.2. The number of fused-ring (bicyclic) bond motifs is 7. The predicted octanol–water partition coefficient (Wildman–Crippen LogP) is 19.9. The van der Waals surface area contributed by atoms with E-state index in [1.54, 1.807) is 6.08 Å². The maximum atomic E-state index is 5.49. The Kier molecular flexibility index (Phi) is 12.9. The molecule has 0 bridgehead atoms. The van der Waals surface area contributed by atoms with Gasteiger partial charge in [-0.1, -0.05) is 159 Å². The molecule has 6 nitrogen and oxygen atoms in total. The number of para-hydroxylation sites is 7. The van der Waals surface area contributed by atoms with E-state index in [0.29, 0.717) is 0 Å². The van der Waals surface area contributed by atoms with Crippen molar-refractivity contribution in [1.29, 1.82) is 0 Å². The maximum Gasteiger partial charge on any atom is 0.0973 e. The molecule has 14 aromatic rings. The first-order chi connectivity index (χ1) is 39.1. The van der Waals surface area contributed by atoms with Crippen LogP contribution in [0.15, 0.2) is 286 Å². The number of anilines is 6. The van der Waals surface area contributed by atoms with Gasteiger partial charge in [0, 0.05) is 78.2 Å². The monoisotopic (exact) mass is 1020 g/mol. The summed E-state index contributed by atoms with van der Waals surface area (Å²) < 4.78 is 4.72. The molecule has 0 amide bonds. The Morgan fingerprint density at radius 1 is 0.354 bits per heavy atom. The lowest BCUT2D eigenvalue weighted by Gasteiger charge is -2.26. The van der Waals surface area contributed by atoms with Crippen LogP contribution in [0.25, 0.3) is 88.5 Å². The van der Waals surface area contributed by atoms with Crippen molar-refractivity contribution in [1.82, 2.24) is 19.1 Å². The average Bonchev–Trinajstić information content (AvgIpc) is 4.07. The lowest BCUT2D eigenvalue weighted by Crippen LogP contribution is -2.10. The Hall–Kier alpha value is -10.3. The molecule has 6 heteroatoms. The van der Waals surface area contributed by atoms with Gasteiger partial charge in [0.1, 0.15) is 0 Å². The van der Waals surface area contributed by atoms with E-state index in [9.17, 15) is 0 Å². The van der Waals surface area contributed by atoms with Crippen molar-refractivity contribution in [3.8, 4) is 33.9 Å². The zero-order valence-corrected chi connectivity index (χ0v) is 44.2. The summed E-state index contributed by atoms with van der Waals surface area (Å²) in [6.07, 6.45) is 2.61. The molecule has 0 fully saturated rings. The second-order valence-electron chi connectivity index (χ2n) is 19.7. The molecule has 0 unspecified atom stereocenters. The summed E-state index contributed by atoms with van der Waals surface area (Å²) >= 11 is 0. The Bertz CT molecular complexity index is 4360. The first-order valence-corrected chi connectivity index (χ1v) is 27.0. The standard InChI is InChI=1S/C70H50N6.C3H6/c1-2-48-18-17-27-63-68(48)72-70(50-34-38-54(39-35-50)74(52-21-7-4-8-22-52)56-42-46-58(47-43-56)76-66-30-15-11-25-61(66)62-26-12-16-31-67(62)76)69(71-63)49-32-36-53(37-33-49)73(51-19-5-3-6-20-51)55-40-44-57(45-41-55)75-64-28-13-9-23-59(64)60-24-10-14-29-65(60)75;1-3-2/h3-47H,2H2,1H3;3H,1H2,2H3. The molecular formula is C73H56N6. The van der Waals surface area contributed by atoms with Crippen molar-refractivity contribution in [3.63, 3.8) is 0 Å². The van der Waals surface area contributed by atoms with Crippen LogP contribution in [-0.2, 0) is 6.42 Å². The van der Waals surface area contributed by atoms with Gasteiger partial charge >= 0.3 is 0 Å². The van der Waals surface area contributed by atoms with Gasteiger partial charge in [-0.15, -0.1) is 6.58 Å². The summed E-state index contributed by atoms with van der Waals surface area (Å²) in [4.78, 5) is 15.5. The molecule has 0 atom stereocenters. The molecule has 0 aliphatic heterocycles. The Labute approximate surface area is 460 Å². The van der Waals surface area contributed by atoms with Gasteiger partial charge in [-0.25, -0.2) is 9.97 Å². The van der Waals surface area contributed by atoms with E-state index in [1.165, 1.54) is 49.2 Å². The molecule has 0 N–H and O–H groups in total. The highest BCUT2D eigenvalue weighted by Gasteiger charge is 2.21. The normalized spacial score (nSPS) is 11.3. The molecule has 0 aliphatic rings. The molecular weight excluding hydrogens is 961 g/mol. The van der Waals surface area contributed by atoms with E-state index in [4.69, 9.17) is 9.97 Å². The number of benzene rings is 11. The van der Waals surface area contributed by atoms with Crippen LogP contribution in [-0.4, -0.2) is 19.1 Å². The summed E-state index contributed by atoms with van der Waals surface area (Å²) in [7, 11) is 0. The quantitative estimate of drug-likeness (QED) is 0.121. The lowest BCUT2D eigenvalue weighted by atomic mass is 10.0. The fourth-order valence-corrected chi connectivity index (χ4v) is 11.3. The van der Waals surface area contributed by atoms with Crippen LogP contribution in [0.3, 0.4) is 0 Å². The van der Waals surface area contributed by atoms with Crippen LogP contribution >= 0.6 is 0 Å². The molecule has 378 valence electrons. The molecule has 0 saturated heterocycles.